The van der Waals surface area contributed by atoms with E-state index in [1.165, 1.54) is 22.2 Å². The van der Waals surface area contributed by atoms with Crippen molar-refractivity contribution in [3.8, 4) is 0 Å². The highest BCUT2D eigenvalue weighted by Gasteiger charge is 2.13. The van der Waals surface area contributed by atoms with E-state index in [0.717, 1.165) is 6.07 Å². The minimum atomic E-state index is -0.839. The Morgan fingerprint density at radius 2 is 2.12 bits per heavy atom. The fraction of sp³-hybridized carbons (Fsp3) is 0. The van der Waals surface area contributed by atoms with E-state index in [2.05, 4.69) is 26.2 Å². The summed E-state index contributed by atoms with van der Waals surface area (Å²) in [4.78, 5) is 15.4. The monoisotopic (exact) mass is 318 g/mol. The molecule has 0 unspecified atom stereocenters. The van der Waals surface area contributed by atoms with E-state index in [9.17, 15) is 13.6 Å². The topological polar surface area (TPSA) is 42.0 Å². The van der Waals surface area contributed by atoms with Crippen LogP contribution in [-0.4, -0.2) is 10.9 Å². The van der Waals surface area contributed by atoms with Crippen LogP contribution in [0.2, 0.25) is 0 Å². The summed E-state index contributed by atoms with van der Waals surface area (Å²) in [6.45, 7) is 0. The first-order chi connectivity index (χ1) is 8.08. The second-order valence-electron chi connectivity index (χ2n) is 3.07. The number of carbonyl (C=O) groups excluding carboxylic acids is 1. The van der Waals surface area contributed by atoms with Crippen LogP contribution in [0.4, 0.5) is 14.5 Å². The average Bonchev–Trinajstić information content (AvgIpc) is 2.79. The summed E-state index contributed by atoms with van der Waals surface area (Å²) in [6, 6.07) is 1.86. The SMILES string of the molecule is O=C(Nc1cc(Br)c(F)cc1F)c1cscn1. The lowest BCUT2D eigenvalue weighted by Gasteiger charge is -2.05. The maximum atomic E-state index is 13.3. The number of thiazole rings is 1. The predicted octanol–water partition coefficient (Wildman–Crippen LogP) is 3.44. The Balaban J connectivity index is 2.25. The molecule has 0 spiro atoms. The van der Waals surface area contributed by atoms with Gasteiger partial charge in [0.05, 0.1) is 15.7 Å². The van der Waals surface area contributed by atoms with Gasteiger partial charge in [0, 0.05) is 11.4 Å². The van der Waals surface area contributed by atoms with Gasteiger partial charge in [0.15, 0.2) is 0 Å². The Hall–Kier alpha value is -1.34. The number of anilines is 1. The number of rotatable bonds is 2. The van der Waals surface area contributed by atoms with Gasteiger partial charge in [0.1, 0.15) is 17.3 Å². The van der Waals surface area contributed by atoms with Crippen molar-refractivity contribution in [2.24, 2.45) is 0 Å². The van der Waals surface area contributed by atoms with Crippen molar-refractivity contribution in [3.63, 3.8) is 0 Å². The predicted molar refractivity (Wildman–Crippen MR) is 64.1 cm³/mol. The van der Waals surface area contributed by atoms with Crippen LogP contribution in [0.15, 0.2) is 27.5 Å². The Morgan fingerprint density at radius 3 is 2.76 bits per heavy atom. The van der Waals surface area contributed by atoms with Crippen LogP contribution >= 0.6 is 27.3 Å². The van der Waals surface area contributed by atoms with E-state index in [4.69, 9.17) is 0 Å². The molecule has 1 aromatic heterocycles. The summed E-state index contributed by atoms with van der Waals surface area (Å²) in [5.41, 5.74) is 1.58. The number of hydrogen-bond acceptors (Lipinski definition) is 3. The second-order valence-corrected chi connectivity index (χ2v) is 4.65. The summed E-state index contributed by atoms with van der Waals surface area (Å²) in [5.74, 6) is -2.10. The van der Waals surface area contributed by atoms with Crippen LogP contribution in [-0.2, 0) is 0 Å². The van der Waals surface area contributed by atoms with Gasteiger partial charge in [-0.15, -0.1) is 11.3 Å². The van der Waals surface area contributed by atoms with Gasteiger partial charge >= 0.3 is 0 Å². The molecule has 0 fully saturated rings. The van der Waals surface area contributed by atoms with E-state index in [1.54, 1.807) is 0 Å². The zero-order chi connectivity index (χ0) is 12.4. The molecule has 0 radical (unpaired) electrons. The molecule has 2 aromatic rings. The van der Waals surface area contributed by atoms with Gasteiger partial charge in [0.2, 0.25) is 0 Å². The summed E-state index contributed by atoms with van der Waals surface area (Å²) in [6.07, 6.45) is 0. The Bertz CT molecular complexity index is 560. The molecular formula is C10H5BrF2N2OS. The van der Waals surface area contributed by atoms with E-state index in [1.807, 2.05) is 0 Å². The number of carbonyl (C=O) groups is 1. The zero-order valence-corrected chi connectivity index (χ0v) is 10.6. The van der Waals surface area contributed by atoms with E-state index in [-0.39, 0.29) is 15.9 Å². The molecule has 0 bridgehead atoms. The molecule has 0 aliphatic heterocycles. The van der Waals surface area contributed by atoms with Gasteiger partial charge in [-0.05, 0) is 22.0 Å². The highest BCUT2D eigenvalue weighted by Crippen LogP contribution is 2.24. The molecule has 0 aliphatic carbocycles. The van der Waals surface area contributed by atoms with Crippen LogP contribution in [0.25, 0.3) is 0 Å². The molecule has 88 valence electrons. The minimum absolute atomic E-state index is 0.0764. The van der Waals surface area contributed by atoms with Gasteiger partial charge in [-0.2, -0.15) is 0 Å². The maximum Gasteiger partial charge on any atom is 0.275 e. The summed E-state index contributed by atoms with van der Waals surface area (Å²) >= 11 is 4.17. The van der Waals surface area contributed by atoms with Crippen molar-refractivity contribution in [1.29, 1.82) is 0 Å². The van der Waals surface area contributed by atoms with E-state index >= 15 is 0 Å². The molecule has 1 aromatic carbocycles. The van der Waals surface area contributed by atoms with Crippen molar-refractivity contribution in [3.05, 3.63) is 44.8 Å². The van der Waals surface area contributed by atoms with Crippen LogP contribution in [0, 0.1) is 11.6 Å². The van der Waals surface area contributed by atoms with Gasteiger partial charge in [-0.25, -0.2) is 13.8 Å². The fourth-order valence-corrected chi connectivity index (χ4v) is 2.00. The number of hydrogen-bond donors (Lipinski definition) is 1. The van der Waals surface area contributed by atoms with Gasteiger partial charge in [-0.3, -0.25) is 4.79 Å². The molecule has 1 N–H and O–H groups in total. The largest absolute Gasteiger partial charge is 0.318 e. The molecule has 3 nitrogen and oxygen atoms in total. The number of aromatic nitrogens is 1. The molecule has 17 heavy (non-hydrogen) atoms. The number of nitrogens with one attached hydrogen (secondary N) is 1. The Kier molecular flexibility index (Phi) is 3.49. The molecule has 0 saturated carbocycles. The van der Waals surface area contributed by atoms with Crippen molar-refractivity contribution in [1.82, 2.24) is 4.98 Å². The number of amides is 1. The second kappa shape index (κ2) is 4.89. The highest BCUT2D eigenvalue weighted by molar-refractivity contribution is 9.10. The number of benzene rings is 1. The van der Waals surface area contributed by atoms with Crippen molar-refractivity contribution in [2.75, 3.05) is 5.32 Å². The third kappa shape index (κ3) is 2.67. The molecule has 0 saturated heterocycles. The molecule has 7 heteroatoms. The number of halogens is 3. The lowest BCUT2D eigenvalue weighted by Crippen LogP contribution is -2.13. The first-order valence-corrected chi connectivity index (χ1v) is 6.15. The molecule has 0 atom stereocenters. The van der Waals surface area contributed by atoms with Crippen molar-refractivity contribution < 1.29 is 13.6 Å². The van der Waals surface area contributed by atoms with E-state index in [0.29, 0.717) is 6.07 Å². The van der Waals surface area contributed by atoms with Crippen LogP contribution in [0.1, 0.15) is 10.5 Å². The Labute approximate surface area is 108 Å². The van der Waals surface area contributed by atoms with Gasteiger partial charge < -0.3 is 5.32 Å². The number of nitrogens with zero attached hydrogens (tertiary/aromatic N) is 1. The highest BCUT2D eigenvalue weighted by atomic mass is 79.9. The average molecular weight is 319 g/mol. The molecule has 2 rings (SSSR count). The van der Waals surface area contributed by atoms with Crippen LogP contribution in [0.5, 0.6) is 0 Å². The smallest absolute Gasteiger partial charge is 0.275 e. The third-order valence-electron chi connectivity index (χ3n) is 1.92. The summed E-state index contributed by atoms with van der Waals surface area (Å²) in [5, 5.41) is 3.85. The molecule has 1 amide bonds. The van der Waals surface area contributed by atoms with Crippen LogP contribution < -0.4 is 5.32 Å². The minimum Gasteiger partial charge on any atom is -0.318 e. The van der Waals surface area contributed by atoms with Crippen LogP contribution in [0.3, 0.4) is 0 Å². The maximum absolute atomic E-state index is 13.3. The standard InChI is InChI=1S/C10H5BrF2N2OS/c11-5-1-8(7(13)2-6(5)12)15-10(16)9-3-17-4-14-9/h1-4H,(H,15,16). The summed E-state index contributed by atoms with van der Waals surface area (Å²) in [7, 11) is 0. The van der Waals surface area contributed by atoms with Gasteiger partial charge in [-0.1, -0.05) is 0 Å². The summed E-state index contributed by atoms with van der Waals surface area (Å²) < 4.78 is 26.4. The first kappa shape index (κ1) is 12.1. The normalized spacial score (nSPS) is 10.3. The van der Waals surface area contributed by atoms with Crippen molar-refractivity contribution in [2.45, 2.75) is 0 Å². The quantitative estimate of drug-likeness (QED) is 0.862. The zero-order valence-electron chi connectivity index (χ0n) is 8.21. The first-order valence-electron chi connectivity index (χ1n) is 4.42. The molecule has 0 aliphatic rings. The lowest BCUT2D eigenvalue weighted by atomic mass is 10.3. The third-order valence-corrected chi connectivity index (χ3v) is 3.12. The molecule has 1 heterocycles. The van der Waals surface area contributed by atoms with Gasteiger partial charge in [0.25, 0.3) is 5.91 Å². The fourth-order valence-electron chi connectivity index (χ4n) is 1.13. The van der Waals surface area contributed by atoms with E-state index < -0.39 is 17.5 Å². The van der Waals surface area contributed by atoms with Crippen molar-refractivity contribution >= 4 is 38.9 Å². The lowest BCUT2D eigenvalue weighted by molar-refractivity contribution is 0.102. The Morgan fingerprint density at radius 1 is 1.35 bits per heavy atom. The molecular weight excluding hydrogens is 314 g/mol.